The standard InChI is InChI=1S/C24H20F5NO3/c1-3-10-33-23(32)22-14(2)30(13-15-8-9-16(25)11-20(15)26)21(31)12-18(22)17-6-4-5-7-19(17)24(27,28)29/h3-9,11,18H,1,10,12-13H2,2H3/t18-/m0/s1. The first-order valence-electron chi connectivity index (χ1n) is 9.93. The maximum atomic E-state index is 14.2. The van der Waals surface area contributed by atoms with Gasteiger partial charge in [-0.25, -0.2) is 13.6 Å². The van der Waals surface area contributed by atoms with Gasteiger partial charge in [0, 0.05) is 29.7 Å². The van der Waals surface area contributed by atoms with Crippen LogP contribution in [0.2, 0.25) is 0 Å². The van der Waals surface area contributed by atoms with E-state index in [-0.39, 0.29) is 35.5 Å². The van der Waals surface area contributed by atoms with Gasteiger partial charge in [0.15, 0.2) is 0 Å². The summed E-state index contributed by atoms with van der Waals surface area (Å²) in [7, 11) is 0. The van der Waals surface area contributed by atoms with Crippen molar-refractivity contribution in [2.45, 2.75) is 32.0 Å². The van der Waals surface area contributed by atoms with E-state index < -0.39 is 47.6 Å². The molecule has 174 valence electrons. The third kappa shape index (κ3) is 5.13. The predicted molar refractivity (Wildman–Crippen MR) is 110 cm³/mol. The lowest BCUT2D eigenvalue weighted by Crippen LogP contribution is -2.38. The molecule has 1 heterocycles. The van der Waals surface area contributed by atoms with E-state index in [9.17, 15) is 31.5 Å². The van der Waals surface area contributed by atoms with Crippen molar-refractivity contribution in [1.29, 1.82) is 0 Å². The fourth-order valence-corrected chi connectivity index (χ4v) is 3.83. The molecule has 0 aliphatic carbocycles. The molecule has 0 bridgehead atoms. The lowest BCUT2D eigenvalue weighted by molar-refractivity contribution is -0.142. The number of carbonyl (C=O) groups excluding carboxylic acids is 2. The molecule has 2 aromatic rings. The number of amides is 1. The van der Waals surface area contributed by atoms with Crippen LogP contribution in [0.4, 0.5) is 22.0 Å². The van der Waals surface area contributed by atoms with Gasteiger partial charge in [-0.05, 0) is 24.6 Å². The van der Waals surface area contributed by atoms with Gasteiger partial charge in [-0.2, -0.15) is 13.2 Å². The Balaban J connectivity index is 2.12. The summed E-state index contributed by atoms with van der Waals surface area (Å²) in [4.78, 5) is 26.9. The van der Waals surface area contributed by atoms with Crippen LogP contribution in [0, 0.1) is 11.6 Å². The Morgan fingerprint density at radius 2 is 1.91 bits per heavy atom. The Labute approximate surface area is 187 Å². The second-order valence-electron chi connectivity index (χ2n) is 7.44. The lowest BCUT2D eigenvalue weighted by atomic mass is 9.81. The zero-order chi connectivity index (χ0) is 24.3. The van der Waals surface area contributed by atoms with Gasteiger partial charge in [0.1, 0.15) is 18.2 Å². The number of benzene rings is 2. The van der Waals surface area contributed by atoms with Crippen molar-refractivity contribution in [3.8, 4) is 0 Å². The Bertz CT molecular complexity index is 1120. The number of allylic oxidation sites excluding steroid dienone is 1. The van der Waals surface area contributed by atoms with Crippen LogP contribution in [0.1, 0.15) is 36.0 Å². The van der Waals surface area contributed by atoms with Crippen molar-refractivity contribution in [3.05, 3.63) is 94.7 Å². The number of esters is 1. The highest BCUT2D eigenvalue weighted by Crippen LogP contribution is 2.43. The average molecular weight is 465 g/mol. The van der Waals surface area contributed by atoms with E-state index in [4.69, 9.17) is 4.74 Å². The number of carbonyl (C=O) groups is 2. The number of hydrogen-bond donors (Lipinski definition) is 0. The first kappa shape index (κ1) is 24.2. The van der Waals surface area contributed by atoms with Crippen molar-refractivity contribution in [2.75, 3.05) is 6.61 Å². The Morgan fingerprint density at radius 1 is 1.21 bits per heavy atom. The summed E-state index contributed by atoms with van der Waals surface area (Å²) >= 11 is 0. The number of hydrogen-bond acceptors (Lipinski definition) is 3. The minimum atomic E-state index is -4.71. The number of ether oxygens (including phenoxy) is 1. The van der Waals surface area contributed by atoms with E-state index >= 15 is 0 Å². The SMILES string of the molecule is C=CCOC(=O)C1=C(C)N(Cc2ccc(F)cc2F)C(=O)C[C@H]1c1ccccc1C(F)(F)F. The minimum absolute atomic E-state index is 0.0166. The quantitative estimate of drug-likeness (QED) is 0.322. The Kier molecular flexibility index (Phi) is 7.00. The number of nitrogens with zero attached hydrogens (tertiary/aromatic N) is 1. The molecule has 1 aliphatic heterocycles. The molecule has 3 rings (SSSR count). The topological polar surface area (TPSA) is 46.6 Å². The summed E-state index contributed by atoms with van der Waals surface area (Å²) in [5.74, 6) is -4.44. The fraction of sp³-hybridized carbons (Fsp3) is 0.250. The molecule has 0 saturated heterocycles. The van der Waals surface area contributed by atoms with E-state index in [1.54, 1.807) is 0 Å². The highest BCUT2D eigenvalue weighted by atomic mass is 19.4. The minimum Gasteiger partial charge on any atom is -0.458 e. The van der Waals surface area contributed by atoms with Crippen LogP contribution >= 0.6 is 0 Å². The molecule has 9 heteroatoms. The summed E-state index contributed by atoms with van der Waals surface area (Å²) in [6.45, 7) is 4.30. The van der Waals surface area contributed by atoms with E-state index in [0.717, 1.165) is 23.1 Å². The molecule has 33 heavy (non-hydrogen) atoms. The van der Waals surface area contributed by atoms with Crippen molar-refractivity contribution in [1.82, 2.24) is 4.90 Å². The summed E-state index contributed by atoms with van der Waals surface area (Å²) in [5.41, 5.74) is -1.34. The van der Waals surface area contributed by atoms with Gasteiger partial charge < -0.3 is 9.64 Å². The number of halogens is 5. The molecule has 1 amide bonds. The van der Waals surface area contributed by atoms with Crippen LogP contribution in [0.25, 0.3) is 0 Å². The fourth-order valence-electron chi connectivity index (χ4n) is 3.83. The highest BCUT2D eigenvalue weighted by Gasteiger charge is 2.42. The normalized spacial score (nSPS) is 16.7. The van der Waals surface area contributed by atoms with Crippen molar-refractivity contribution in [3.63, 3.8) is 0 Å². The molecule has 4 nitrogen and oxygen atoms in total. The smallest absolute Gasteiger partial charge is 0.416 e. The zero-order valence-electron chi connectivity index (χ0n) is 17.6. The third-order valence-electron chi connectivity index (χ3n) is 5.36. The van der Waals surface area contributed by atoms with E-state index in [2.05, 4.69) is 6.58 Å². The molecule has 2 aromatic carbocycles. The summed E-state index contributed by atoms with van der Waals surface area (Å²) in [6.07, 6.45) is -3.88. The molecule has 0 radical (unpaired) electrons. The van der Waals surface area contributed by atoms with Crippen LogP contribution in [-0.2, 0) is 27.0 Å². The van der Waals surface area contributed by atoms with E-state index in [0.29, 0.717) is 6.07 Å². The molecule has 1 aliphatic rings. The molecular weight excluding hydrogens is 445 g/mol. The van der Waals surface area contributed by atoms with Crippen LogP contribution in [-0.4, -0.2) is 23.4 Å². The largest absolute Gasteiger partial charge is 0.458 e. The zero-order valence-corrected chi connectivity index (χ0v) is 17.6. The van der Waals surface area contributed by atoms with Crippen LogP contribution in [0.15, 0.2) is 66.4 Å². The monoisotopic (exact) mass is 465 g/mol. The van der Waals surface area contributed by atoms with Crippen LogP contribution in [0.3, 0.4) is 0 Å². The Morgan fingerprint density at radius 3 is 2.55 bits per heavy atom. The number of alkyl halides is 3. The highest BCUT2D eigenvalue weighted by molar-refractivity contribution is 5.96. The van der Waals surface area contributed by atoms with Gasteiger partial charge >= 0.3 is 12.1 Å². The van der Waals surface area contributed by atoms with Gasteiger partial charge in [0.2, 0.25) is 5.91 Å². The first-order chi connectivity index (χ1) is 15.5. The maximum absolute atomic E-state index is 14.2. The predicted octanol–water partition coefficient (Wildman–Crippen LogP) is 5.50. The molecule has 0 fully saturated rings. The molecule has 0 unspecified atom stereocenters. The number of rotatable bonds is 6. The summed E-state index contributed by atoms with van der Waals surface area (Å²) in [6, 6.07) is 7.53. The second-order valence-corrected chi connectivity index (χ2v) is 7.44. The molecule has 1 atom stereocenters. The van der Waals surface area contributed by atoms with Gasteiger partial charge in [0.05, 0.1) is 17.7 Å². The van der Waals surface area contributed by atoms with Crippen LogP contribution < -0.4 is 0 Å². The second kappa shape index (κ2) is 9.56. The van der Waals surface area contributed by atoms with Gasteiger partial charge in [-0.1, -0.05) is 36.9 Å². The lowest BCUT2D eigenvalue weighted by Gasteiger charge is -2.35. The summed E-state index contributed by atoms with van der Waals surface area (Å²) < 4.78 is 73.5. The molecule has 0 saturated carbocycles. The maximum Gasteiger partial charge on any atom is 0.416 e. The third-order valence-corrected chi connectivity index (χ3v) is 5.36. The van der Waals surface area contributed by atoms with E-state index in [1.807, 2.05) is 0 Å². The average Bonchev–Trinajstić information content (AvgIpc) is 2.75. The van der Waals surface area contributed by atoms with Crippen molar-refractivity contribution < 1.29 is 36.3 Å². The first-order valence-corrected chi connectivity index (χ1v) is 9.93. The molecule has 0 aromatic heterocycles. The van der Waals surface area contributed by atoms with Crippen LogP contribution in [0.5, 0.6) is 0 Å². The molecule has 0 spiro atoms. The van der Waals surface area contributed by atoms with Gasteiger partial charge in [0.25, 0.3) is 0 Å². The Hall–Kier alpha value is -3.49. The van der Waals surface area contributed by atoms with Crippen molar-refractivity contribution >= 4 is 11.9 Å². The molecule has 0 N–H and O–H groups in total. The summed E-state index contributed by atoms with van der Waals surface area (Å²) in [5, 5.41) is 0. The van der Waals surface area contributed by atoms with E-state index in [1.165, 1.54) is 31.2 Å². The molecular formula is C24H20F5NO3. The van der Waals surface area contributed by atoms with Gasteiger partial charge in [-0.15, -0.1) is 0 Å². The van der Waals surface area contributed by atoms with Gasteiger partial charge in [-0.3, -0.25) is 4.79 Å². The van der Waals surface area contributed by atoms with Crippen molar-refractivity contribution in [2.24, 2.45) is 0 Å².